The third kappa shape index (κ3) is 4.09. The van der Waals surface area contributed by atoms with E-state index in [9.17, 15) is 9.59 Å². The van der Waals surface area contributed by atoms with E-state index >= 15 is 0 Å². The molecule has 0 spiro atoms. The number of likely N-dealkylation sites (tertiary alicyclic amines) is 1. The van der Waals surface area contributed by atoms with Crippen LogP contribution in [0.4, 0.5) is 5.69 Å². The van der Waals surface area contributed by atoms with E-state index in [0.29, 0.717) is 16.9 Å². The second-order valence-electron chi connectivity index (χ2n) is 7.53. The van der Waals surface area contributed by atoms with Crippen LogP contribution in [0.25, 0.3) is 0 Å². The number of aromatic nitrogens is 2. The molecule has 28 heavy (non-hydrogen) atoms. The molecule has 3 heterocycles. The summed E-state index contributed by atoms with van der Waals surface area (Å²) in [5, 5.41) is 10.7. The highest BCUT2D eigenvalue weighted by Crippen LogP contribution is 2.21. The van der Waals surface area contributed by atoms with Gasteiger partial charge >= 0.3 is 0 Å². The summed E-state index contributed by atoms with van der Waals surface area (Å²) < 4.78 is 1.87. The monoisotopic (exact) mass is 381 g/mol. The van der Waals surface area contributed by atoms with Gasteiger partial charge in [0.05, 0.1) is 17.3 Å². The highest BCUT2D eigenvalue weighted by molar-refractivity contribution is 6.08. The Morgan fingerprint density at radius 2 is 1.89 bits per heavy atom. The first-order valence-corrected chi connectivity index (χ1v) is 10.2. The van der Waals surface area contributed by atoms with Crippen molar-refractivity contribution in [2.24, 2.45) is 0 Å². The van der Waals surface area contributed by atoms with Crippen molar-refractivity contribution in [2.75, 3.05) is 31.5 Å². The molecule has 0 bridgehead atoms. The molecular weight excluding hydrogens is 354 g/mol. The van der Waals surface area contributed by atoms with E-state index in [-0.39, 0.29) is 17.9 Å². The molecular formula is C21H27N5O2. The Morgan fingerprint density at radius 3 is 2.68 bits per heavy atom. The molecule has 1 atom stereocenters. The fraction of sp³-hybridized carbons (Fsp3) is 0.476. The molecule has 2 fully saturated rings. The maximum atomic E-state index is 12.9. The zero-order chi connectivity index (χ0) is 19.3. The van der Waals surface area contributed by atoms with Gasteiger partial charge in [-0.15, -0.1) is 0 Å². The average Bonchev–Trinajstić information content (AvgIpc) is 3.25. The van der Waals surface area contributed by atoms with Gasteiger partial charge in [-0.1, -0.05) is 12.1 Å². The van der Waals surface area contributed by atoms with Gasteiger partial charge in [-0.3, -0.25) is 14.3 Å². The molecule has 7 heteroatoms. The van der Waals surface area contributed by atoms with E-state index in [1.807, 2.05) is 27.9 Å². The largest absolute Gasteiger partial charge is 0.339 e. The summed E-state index contributed by atoms with van der Waals surface area (Å²) in [4.78, 5) is 27.5. The molecule has 0 radical (unpaired) electrons. The topological polar surface area (TPSA) is 79.3 Å². The lowest BCUT2D eigenvalue weighted by Gasteiger charge is -2.27. The second kappa shape index (κ2) is 8.56. The normalized spacial score (nSPS) is 20.0. The van der Waals surface area contributed by atoms with E-state index in [2.05, 4.69) is 15.7 Å². The fourth-order valence-corrected chi connectivity index (χ4v) is 3.95. The zero-order valence-corrected chi connectivity index (χ0v) is 16.1. The summed E-state index contributed by atoms with van der Waals surface area (Å²) in [6.07, 6.45) is 7.26. The van der Waals surface area contributed by atoms with Gasteiger partial charge in [0.25, 0.3) is 11.8 Å². The van der Waals surface area contributed by atoms with Gasteiger partial charge in [-0.25, -0.2) is 0 Å². The fourth-order valence-electron chi connectivity index (χ4n) is 3.95. The Balaban J connectivity index is 1.47. The van der Waals surface area contributed by atoms with Gasteiger partial charge in [-0.2, -0.15) is 5.10 Å². The van der Waals surface area contributed by atoms with Crippen molar-refractivity contribution in [3.05, 3.63) is 47.8 Å². The van der Waals surface area contributed by atoms with Crippen molar-refractivity contribution in [1.29, 1.82) is 0 Å². The molecule has 2 N–H and O–H groups in total. The summed E-state index contributed by atoms with van der Waals surface area (Å²) in [5.74, 6) is -0.309. The Hall–Kier alpha value is -2.67. The number of para-hydroxylation sites is 1. The Morgan fingerprint density at radius 1 is 1.07 bits per heavy atom. The standard InChI is InChI=1S/C21H27N5O2/c27-20(19-10-14-26(24-19)16-7-6-11-22-15-16)23-18-9-3-2-8-17(18)21(28)25-12-4-1-5-13-25/h2-3,8-10,14,16,22H,1,4-7,11-13,15H2,(H,23,27). The molecule has 0 aliphatic carbocycles. The maximum absolute atomic E-state index is 12.9. The second-order valence-corrected chi connectivity index (χ2v) is 7.53. The van der Waals surface area contributed by atoms with E-state index in [0.717, 1.165) is 51.9 Å². The Bertz CT molecular complexity index is 835. The van der Waals surface area contributed by atoms with E-state index < -0.39 is 0 Å². The molecule has 0 saturated carbocycles. The lowest BCUT2D eigenvalue weighted by molar-refractivity contribution is 0.0725. The minimum Gasteiger partial charge on any atom is -0.339 e. The number of nitrogens with one attached hydrogen (secondary N) is 2. The van der Waals surface area contributed by atoms with Crippen LogP contribution in [-0.4, -0.2) is 52.7 Å². The summed E-state index contributed by atoms with van der Waals surface area (Å²) in [6.45, 7) is 3.46. The van der Waals surface area contributed by atoms with Gasteiger partial charge in [0.1, 0.15) is 0 Å². The number of nitrogens with zero attached hydrogens (tertiary/aromatic N) is 3. The highest BCUT2D eigenvalue weighted by atomic mass is 16.2. The third-order valence-corrected chi connectivity index (χ3v) is 5.53. The van der Waals surface area contributed by atoms with E-state index in [4.69, 9.17) is 0 Å². The van der Waals surface area contributed by atoms with Gasteiger partial charge in [-0.05, 0) is 56.8 Å². The third-order valence-electron chi connectivity index (χ3n) is 5.53. The molecule has 148 valence electrons. The Labute approximate surface area is 165 Å². The first-order valence-electron chi connectivity index (χ1n) is 10.2. The van der Waals surface area contributed by atoms with Crippen LogP contribution < -0.4 is 10.6 Å². The number of hydrogen-bond acceptors (Lipinski definition) is 4. The number of piperidine rings is 2. The minimum absolute atomic E-state index is 0.0191. The maximum Gasteiger partial charge on any atom is 0.276 e. The van der Waals surface area contributed by atoms with Gasteiger partial charge in [0, 0.05) is 25.8 Å². The van der Waals surface area contributed by atoms with Crippen molar-refractivity contribution >= 4 is 17.5 Å². The summed E-state index contributed by atoms with van der Waals surface area (Å²) in [6, 6.07) is 9.23. The lowest BCUT2D eigenvalue weighted by Crippen LogP contribution is -2.36. The first-order chi connectivity index (χ1) is 13.7. The molecule has 2 aromatic rings. The van der Waals surface area contributed by atoms with Crippen molar-refractivity contribution in [3.8, 4) is 0 Å². The highest BCUT2D eigenvalue weighted by Gasteiger charge is 2.22. The van der Waals surface area contributed by atoms with Crippen LogP contribution in [0.1, 0.15) is 59.0 Å². The van der Waals surface area contributed by atoms with Crippen LogP contribution in [0.15, 0.2) is 36.5 Å². The molecule has 2 aliphatic heterocycles. The SMILES string of the molecule is O=C(Nc1ccccc1C(=O)N1CCCCC1)c1ccn(C2CCCNC2)n1. The van der Waals surface area contributed by atoms with Crippen LogP contribution >= 0.6 is 0 Å². The average molecular weight is 381 g/mol. The number of rotatable bonds is 4. The number of carbonyl (C=O) groups excluding carboxylic acids is 2. The number of anilines is 1. The Kier molecular flexibility index (Phi) is 5.71. The molecule has 1 aromatic heterocycles. The smallest absolute Gasteiger partial charge is 0.276 e. The van der Waals surface area contributed by atoms with Crippen molar-refractivity contribution in [2.45, 2.75) is 38.1 Å². The number of hydrogen-bond donors (Lipinski definition) is 2. The molecule has 4 rings (SSSR count). The number of amides is 2. The van der Waals surface area contributed by atoms with Crippen LogP contribution in [-0.2, 0) is 0 Å². The quantitative estimate of drug-likeness (QED) is 0.853. The van der Waals surface area contributed by atoms with Crippen LogP contribution in [0, 0.1) is 0 Å². The van der Waals surface area contributed by atoms with Crippen molar-refractivity contribution < 1.29 is 9.59 Å². The summed E-state index contributed by atoms with van der Waals surface area (Å²) in [5.41, 5.74) is 1.44. The van der Waals surface area contributed by atoms with Crippen molar-refractivity contribution in [3.63, 3.8) is 0 Å². The van der Waals surface area contributed by atoms with Crippen LogP contribution in [0.5, 0.6) is 0 Å². The molecule has 1 aromatic carbocycles. The van der Waals surface area contributed by atoms with Gasteiger partial charge < -0.3 is 15.5 Å². The molecule has 2 aliphatic rings. The van der Waals surface area contributed by atoms with Crippen LogP contribution in [0.2, 0.25) is 0 Å². The minimum atomic E-state index is -0.290. The lowest BCUT2D eigenvalue weighted by atomic mass is 10.1. The van der Waals surface area contributed by atoms with E-state index in [1.165, 1.54) is 6.42 Å². The van der Waals surface area contributed by atoms with Gasteiger partial charge in [0.15, 0.2) is 5.69 Å². The van der Waals surface area contributed by atoms with Gasteiger partial charge in [0.2, 0.25) is 0 Å². The predicted molar refractivity (Wildman–Crippen MR) is 108 cm³/mol. The van der Waals surface area contributed by atoms with Crippen molar-refractivity contribution in [1.82, 2.24) is 20.0 Å². The number of benzene rings is 1. The van der Waals surface area contributed by atoms with Crippen LogP contribution in [0.3, 0.4) is 0 Å². The molecule has 1 unspecified atom stereocenters. The summed E-state index contributed by atoms with van der Waals surface area (Å²) >= 11 is 0. The predicted octanol–water partition coefficient (Wildman–Crippen LogP) is 2.69. The summed E-state index contributed by atoms with van der Waals surface area (Å²) in [7, 11) is 0. The number of carbonyl (C=O) groups is 2. The molecule has 2 amide bonds. The van der Waals surface area contributed by atoms with E-state index in [1.54, 1.807) is 18.2 Å². The first kappa shape index (κ1) is 18.7. The molecule has 7 nitrogen and oxygen atoms in total. The molecule has 2 saturated heterocycles. The zero-order valence-electron chi connectivity index (χ0n) is 16.1.